The molecule has 7 heteroatoms. The lowest BCUT2D eigenvalue weighted by molar-refractivity contribution is -0.146. The first-order valence-electron chi connectivity index (χ1n) is 7.99. The van der Waals surface area contributed by atoms with Gasteiger partial charge < -0.3 is 18.8 Å². The van der Waals surface area contributed by atoms with E-state index >= 15 is 0 Å². The summed E-state index contributed by atoms with van der Waals surface area (Å²) in [6, 6.07) is 5.71. The van der Waals surface area contributed by atoms with Crippen LogP contribution in [0.4, 0.5) is 0 Å². The summed E-state index contributed by atoms with van der Waals surface area (Å²) in [5, 5.41) is 8.55. The Balaban J connectivity index is 1.90. The average Bonchev–Trinajstić information content (AvgIpc) is 3.04. The summed E-state index contributed by atoms with van der Waals surface area (Å²) < 4.78 is 17.8. The molecule has 0 saturated carbocycles. The van der Waals surface area contributed by atoms with E-state index in [0.717, 1.165) is 23.6 Å². The minimum Gasteiger partial charge on any atom is -0.493 e. The Kier molecular flexibility index (Phi) is 4.69. The van der Waals surface area contributed by atoms with Gasteiger partial charge in [-0.3, -0.25) is 4.79 Å². The second kappa shape index (κ2) is 6.90. The van der Waals surface area contributed by atoms with Gasteiger partial charge in [0.2, 0.25) is 0 Å². The van der Waals surface area contributed by atoms with Gasteiger partial charge in [0.15, 0.2) is 17.3 Å². The Morgan fingerprint density at radius 3 is 2.83 bits per heavy atom. The molecule has 0 amide bonds. The second-order valence-electron chi connectivity index (χ2n) is 5.60. The van der Waals surface area contributed by atoms with Gasteiger partial charge in [0.1, 0.15) is 5.82 Å². The SMILES string of the molecule is CCOc1ccc(-c2nnc3n2CCC(C(=O)OC)C3)cc1OC. The first kappa shape index (κ1) is 16.3. The van der Waals surface area contributed by atoms with Gasteiger partial charge in [-0.15, -0.1) is 10.2 Å². The maximum Gasteiger partial charge on any atom is 0.309 e. The third kappa shape index (κ3) is 2.93. The fraction of sp³-hybridized carbons (Fsp3) is 0.471. The third-order valence-corrected chi connectivity index (χ3v) is 4.21. The van der Waals surface area contributed by atoms with E-state index in [1.165, 1.54) is 7.11 Å². The van der Waals surface area contributed by atoms with Gasteiger partial charge in [-0.05, 0) is 31.5 Å². The standard InChI is InChI=1S/C17H21N3O4/c1-4-24-13-6-5-11(9-14(13)22-2)16-19-18-15-10-12(17(21)23-3)7-8-20(15)16/h5-6,9,12H,4,7-8,10H2,1-3H3. The molecule has 0 fully saturated rings. The fourth-order valence-corrected chi connectivity index (χ4v) is 2.99. The van der Waals surface area contributed by atoms with Gasteiger partial charge in [-0.1, -0.05) is 0 Å². The summed E-state index contributed by atoms with van der Waals surface area (Å²) >= 11 is 0. The van der Waals surface area contributed by atoms with E-state index in [-0.39, 0.29) is 11.9 Å². The minimum absolute atomic E-state index is 0.144. The number of aromatic nitrogens is 3. The summed E-state index contributed by atoms with van der Waals surface area (Å²) in [6.07, 6.45) is 1.27. The molecule has 0 spiro atoms. The van der Waals surface area contributed by atoms with E-state index in [2.05, 4.69) is 14.8 Å². The molecule has 128 valence electrons. The van der Waals surface area contributed by atoms with Crippen molar-refractivity contribution in [2.24, 2.45) is 5.92 Å². The molecule has 0 aliphatic carbocycles. The predicted octanol–water partition coefficient (Wildman–Crippen LogP) is 2.09. The molecule has 0 radical (unpaired) electrons. The molecule has 0 saturated heterocycles. The van der Waals surface area contributed by atoms with Crippen LogP contribution in [0.5, 0.6) is 11.5 Å². The largest absolute Gasteiger partial charge is 0.493 e. The average molecular weight is 331 g/mol. The third-order valence-electron chi connectivity index (χ3n) is 4.21. The van der Waals surface area contributed by atoms with E-state index in [1.807, 2.05) is 25.1 Å². The molecule has 0 N–H and O–H groups in total. The molecule has 2 aromatic rings. The topological polar surface area (TPSA) is 75.5 Å². The molecule has 24 heavy (non-hydrogen) atoms. The van der Waals surface area contributed by atoms with E-state index in [4.69, 9.17) is 14.2 Å². The highest BCUT2D eigenvalue weighted by Gasteiger charge is 2.29. The van der Waals surface area contributed by atoms with Crippen molar-refractivity contribution in [1.82, 2.24) is 14.8 Å². The summed E-state index contributed by atoms with van der Waals surface area (Å²) in [5.41, 5.74) is 0.908. The fourth-order valence-electron chi connectivity index (χ4n) is 2.99. The van der Waals surface area contributed by atoms with Crippen molar-refractivity contribution >= 4 is 5.97 Å². The second-order valence-corrected chi connectivity index (χ2v) is 5.60. The number of ether oxygens (including phenoxy) is 3. The van der Waals surface area contributed by atoms with Crippen LogP contribution < -0.4 is 9.47 Å². The smallest absolute Gasteiger partial charge is 0.309 e. The number of hydrogen-bond acceptors (Lipinski definition) is 6. The molecule has 3 rings (SSSR count). The zero-order valence-corrected chi connectivity index (χ0v) is 14.1. The maximum absolute atomic E-state index is 11.7. The first-order valence-corrected chi connectivity index (χ1v) is 7.99. The molecule has 1 aromatic heterocycles. The van der Waals surface area contributed by atoms with Crippen LogP contribution in [0.1, 0.15) is 19.2 Å². The lowest BCUT2D eigenvalue weighted by Crippen LogP contribution is -2.27. The van der Waals surface area contributed by atoms with Crippen molar-refractivity contribution in [2.75, 3.05) is 20.8 Å². The van der Waals surface area contributed by atoms with E-state index in [0.29, 0.717) is 31.1 Å². The van der Waals surface area contributed by atoms with Crippen LogP contribution in [-0.4, -0.2) is 41.6 Å². The number of benzene rings is 1. The van der Waals surface area contributed by atoms with Crippen LogP contribution in [0.3, 0.4) is 0 Å². The highest BCUT2D eigenvalue weighted by Crippen LogP contribution is 2.33. The Labute approximate surface area is 140 Å². The lowest BCUT2D eigenvalue weighted by Gasteiger charge is -2.21. The van der Waals surface area contributed by atoms with Gasteiger partial charge >= 0.3 is 5.97 Å². The summed E-state index contributed by atoms with van der Waals surface area (Å²) in [4.78, 5) is 11.7. The number of carbonyl (C=O) groups excluding carboxylic acids is 1. The maximum atomic E-state index is 11.7. The normalized spacial score (nSPS) is 16.4. The van der Waals surface area contributed by atoms with Gasteiger partial charge in [0, 0.05) is 18.5 Å². The Morgan fingerprint density at radius 1 is 1.29 bits per heavy atom. The van der Waals surface area contributed by atoms with Crippen LogP contribution in [0.25, 0.3) is 11.4 Å². The van der Waals surface area contributed by atoms with E-state index in [1.54, 1.807) is 7.11 Å². The van der Waals surface area contributed by atoms with Gasteiger partial charge in [-0.2, -0.15) is 0 Å². The van der Waals surface area contributed by atoms with Gasteiger partial charge in [0.05, 0.1) is 26.7 Å². The van der Waals surface area contributed by atoms with Crippen LogP contribution in [0.15, 0.2) is 18.2 Å². The van der Waals surface area contributed by atoms with Gasteiger partial charge in [-0.25, -0.2) is 0 Å². The van der Waals surface area contributed by atoms with Crippen molar-refractivity contribution < 1.29 is 19.0 Å². The zero-order valence-electron chi connectivity index (χ0n) is 14.1. The molecule has 7 nitrogen and oxygen atoms in total. The minimum atomic E-state index is -0.187. The summed E-state index contributed by atoms with van der Waals surface area (Å²) in [7, 11) is 3.03. The molecular weight excluding hydrogens is 310 g/mol. The van der Waals surface area contributed by atoms with Crippen LogP contribution in [0, 0.1) is 5.92 Å². The Bertz CT molecular complexity index is 741. The highest BCUT2D eigenvalue weighted by molar-refractivity contribution is 5.72. The van der Waals surface area contributed by atoms with Crippen LogP contribution in [0.2, 0.25) is 0 Å². The Morgan fingerprint density at radius 2 is 2.12 bits per heavy atom. The summed E-state index contributed by atoms with van der Waals surface area (Å²) in [6.45, 7) is 3.19. The van der Waals surface area contributed by atoms with Crippen molar-refractivity contribution in [3.05, 3.63) is 24.0 Å². The molecular formula is C17H21N3O4. The first-order chi connectivity index (χ1) is 11.7. The van der Waals surface area contributed by atoms with Crippen molar-refractivity contribution in [1.29, 1.82) is 0 Å². The lowest BCUT2D eigenvalue weighted by atomic mass is 9.98. The molecule has 1 unspecified atom stereocenters. The number of hydrogen-bond donors (Lipinski definition) is 0. The molecule has 1 atom stereocenters. The Hall–Kier alpha value is -2.57. The molecule has 1 aliphatic rings. The number of nitrogens with zero attached hydrogens (tertiary/aromatic N) is 3. The molecule has 1 aliphatic heterocycles. The quantitative estimate of drug-likeness (QED) is 0.781. The highest BCUT2D eigenvalue weighted by atomic mass is 16.5. The molecule has 2 heterocycles. The van der Waals surface area contributed by atoms with Crippen molar-refractivity contribution in [2.45, 2.75) is 26.3 Å². The van der Waals surface area contributed by atoms with Crippen LogP contribution >= 0.6 is 0 Å². The number of carbonyl (C=O) groups is 1. The van der Waals surface area contributed by atoms with E-state index < -0.39 is 0 Å². The number of fused-ring (bicyclic) bond motifs is 1. The monoisotopic (exact) mass is 331 g/mol. The van der Waals surface area contributed by atoms with Gasteiger partial charge in [0.25, 0.3) is 0 Å². The van der Waals surface area contributed by atoms with Crippen LogP contribution in [-0.2, 0) is 22.5 Å². The summed E-state index contributed by atoms with van der Waals surface area (Å²) in [5.74, 6) is 2.61. The number of methoxy groups -OCH3 is 2. The molecule has 1 aromatic carbocycles. The van der Waals surface area contributed by atoms with E-state index in [9.17, 15) is 4.79 Å². The van der Waals surface area contributed by atoms with Crippen molar-refractivity contribution in [3.63, 3.8) is 0 Å². The predicted molar refractivity (Wildman–Crippen MR) is 87.0 cm³/mol. The zero-order chi connectivity index (χ0) is 17.1. The number of rotatable bonds is 5. The molecule has 0 bridgehead atoms. The van der Waals surface area contributed by atoms with Crippen molar-refractivity contribution in [3.8, 4) is 22.9 Å². The number of esters is 1.